The van der Waals surface area contributed by atoms with Crippen LogP contribution in [0.2, 0.25) is 0 Å². The van der Waals surface area contributed by atoms with Gasteiger partial charge >= 0.3 is 5.63 Å². The third kappa shape index (κ3) is 3.26. The van der Waals surface area contributed by atoms with Gasteiger partial charge in [0.05, 0.1) is 0 Å². The minimum atomic E-state index is -0.428. The number of hydrogen-bond acceptors (Lipinski definition) is 3. The molecule has 0 spiro atoms. The number of hydrogen-bond donors (Lipinski definition) is 1. The average molecular weight is 276 g/mol. The van der Waals surface area contributed by atoms with Gasteiger partial charge in [0, 0.05) is 12.4 Å². The fourth-order valence-corrected chi connectivity index (χ4v) is 1.83. The summed E-state index contributed by atoms with van der Waals surface area (Å²) >= 11 is 0. The highest BCUT2D eigenvalue weighted by atomic mass is 16.4. The van der Waals surface area contributed by atoms with Gasteiger partial charge in [0.2, 0.25) is 5.55 Å². The van der Waals surface area contributed by atoms with Crippen molar-refractivity contribution in [2.45, 2.75) is 0 Å². The largest absolute Gasteiger partial charge is 0.397 e. The van der Waals surface area contributed by atoms with Gasteiger partial charge in [-0.2, -0.15) is 0 Å². The molecule has 1 aromatic carbocycles. The maximum absolute atomic E-state index is 11.8. The normalized spacial score (nSPS) is 11.1. The Morgan fingerprint density at radius 1 is 1.10 bits per heavy atom. The Kier molecular flexibility index (Phi) is 3.63. The van der Waals surface area contributed by atoms with Crippen molar-refractivity contribution in [2.75, 3.05) is 0 Å². The van der Waals surface area contributed by atoms with Crippen LogP contribution < -0.4 is 16.5 Å². The van der Waals surface area contributed by atoms with Gasteiger partial charge in [-0.15, -0.1) is 0 Å². The van der Waals surface area contributed by atoms with E-state index >= 15 is 0 Å². The molecule has 0 aliphatic rings. The number of H-pyrrole nitrogens is 1. The van der Waals surface area contributed by atoms with Gasteiger partial charge < -0.3 is 9.40 Å². The van der Waals surface area contributed by atoms with Gasteiger partial charge in [-0.1, -0.05) is 42.1 Å². The molecule has 0 radical (unpaired) electrons. The van der Waals surface area contributed by atoms with Gasteiger partial charge in [0.25, 0.3) is 0 Å². The van der Waals surface area contributed by atoms with Crippen molar-refractivity contribution < 1.29 is 4.42 Å². The fourth-order valence-electron chi connectivity index (χ4n) is 1.83. The second-order valence-corrected chi connectivity index (χ2v) is 4.39. The molecule has 0 unspecified atom stereocenters. The molecule has 0 fully saturated rings. The molecule has 4 heteroatoms. The third-order valence-electron chi connectivity index (χ3n) is 2.83. The molecule has 3 rings (SSSR count). The third-order valence-corrected chi connectivity index (χ3v) is 2.83. The Labute approximate surface area is 120 Å². The zero-order valence-corrected chi connectivity index (χ0v) is 11.1. The number of rotatable bonds is 2. The zero-order chi connectivity index (χ0) is 14.5. The van der Waals surface area contributed by atoms with Crippen molar-refractivity contribution in [3.05, 3.63) is 87.3 Å². The van der Waals surface area contributed by atoms with Crippen molar-refractivity contribution in [1.29, 1.82) is 0 Å². The van der Waals surface area contributed by atoms with Crippen LogP contribution in [-0.2, 0) is 0 Å². The van der Waals surface area contributed by atoms with E-state index in [9.17, 15) is 4.79 Å². The number of pyridine rings is 1. The lowest BCUT2D eigenvalue weighted by atomic mass is 10.2. The average Bonchev–Trinajstić information content (AvgIpc) is 2.87. The van der Waals surface area contributed by atoms with Crippen molar-refractivity contribution >= 4 is 17.9 Å². The monoisotopic (exact) mass is 276 g/mol. The Balaban J connectivity index is 2.05. The standard InChI is InChI=1S/C17H12N2O2/c20-17-15(11-14-7-4-10-18-12-14)19-16(21-17)9-8-13-5-2-1-3-6-13/h1-8,10-12,19H. The highest BCUT2D eigenvalue weighted by molar-refractivity contribution is 5.57. The van der Waals surface area contributed by atoms with E-state index in [1.54, 1.807) is 30.6 Å². The van der Waals surface area contributed by atoms with Crippen LogP contribution in [0.4, 0.5) is 0 Å². The van der Waals surface area contributed by atoms with Gasteiger partial charge in [-0.05, 0) is 29.3 Å². The maximum atomic E-state index is 11.8. The molecule has 4 nitrogen and oxygen atoms in total. The molecule has 2 aromatic heterocycles. The van der Waals surface area contributed by atoms with Crippen LogP contribution in [0.25, 0.3) is 17.9 Å². The van der Waals surface area contributed by atoms with Crippen LogP contribution in [0.1, 0.15) is 11.1 Å². The van der Waals surface area contributed by atoms with Crippen molar-refractivity contribution in [3.8, 4) is 0 Å². The quantitative estimate of drug-likeness (QED) is 0.767. The fraction of sp³-hybridized carbons (Fsp3) is 0. The lowest BCUT2D eigenvalue weighted by molar-refractivity contribution is 0.487. The lowest BCUT2D eigenvalue weighted by Crippen LogP contribution is -2.21. The summed E-state index contributed by atoms with van der Waals surface area (Å²) in [4.78, 5) is 18.6. The summed E-state index contributed by atoms with van der Waals surface area (Å²) in [5.41, 5.74) is 4.59. The summed E-state index contributed by atoms with van der Waals surface area (Å²) in [6.45, 7) is 0. The second-order valence-electron chi connectivity index (χ2n) is 4.39. The molecular weight excluding hydrogens is 264 g/mol. The topological polar surface area (TPSA) is 58.9 Å². The smallest absolute Gasteiger partial charge is 0.362 e. The minimum absolute atomic E-state index is 0.291. The summed E-state index contributed by atoms with van der Waals surface area (Å²) in [6.07, 6.45) is 6.79. The van der Waals surface area contributed by atoms with Crippen LogP contribution >= 0.6 is 0 Å². The lowest BCUT2D eigenvalue weighted by Gasteiger charge is -1.86. The Bertz CT molecular complexity index is 932. The van der Waals surface area contributed by atoms with E-state index < -0.39 is 5.63 Å². The predicted molar refractivity (Wildman–Crippen MR) is 80.7 cm³/mol. The molecule has 0 saturated carbocycles. The number of aromatic amines is 1. The van der Waals surface area contributed by atoms with Crippen LogP contribution in [0.15, 0.2) is 64.1 Å². The summed E-state index contributed by atoms with van der Waals surface area (Å²) < 4.78 is 5.10. The summed E-state index contributed by atoms with van der Waals surface area (Å²) in [7, 11) is 0. The first kappa shape index (κ1) is 12.9. The van der Waals surface area contributed by atoms with E-state index in [1.165, 1.54) is 0 Å². The number of nitrogens with one attached hydrogen (secondary N) is 1. The summed E-state index contributed by atoms with van der Waals surface area (Å²) in [6, 6.07) is 13.3. The first-order valence-electron chi connectivity index (χ1n) is 6.44. The predicted octanol–water partition coefficient (Wildman–Crippen LogP) is 1.28. The van der Waals surface area contributed by atoms with Crippen molar-refractivity contribution in [2.24, 2.45) is 0 Å². The SMILES string of the molecule is O=c1oc(=C=Cc2ccccc2)[nH]c1=Cc1cccnc1. The van der Waals surface area contributed by atoms with E-state index in [2.05, 4.69) is 15.7 Å². The first-order valence-corrected chi connectivity index (χ1v) is 6.44. The Hall–Kier alpha value is -3.10. The molecule has 21 heavy (non-hydrogen) atoms. The van der Waals surface area contributed by atoms with E-state index in [1.807, 2.05) is 36.4 Å². The molecule has 0 bridgehead atoms. The van der Waals surface area contributed by atoms with Gasteiger partial charge in [-0.25, -0.2) is 4.79 Å². The number of oxazole rings is 1. The summed E-state index contributed by atoms with van der Waals surface area (Å²) in [5, 5.41) is 0.368. The van der Waals surface area contributed by atoms with Gasteiger partial charge in [0.15, 0.2) is 0 Å². The van der Waals surface area contributed by atoms with Crippen LogP contribution in [0, 0.1) is 0 Å². The first-order chi connectivity index (χ1) is 10.3. The molecule has 102 valence electrons. The minimum Gasteiger partial charge on any atom is -0.397 e. The van der Waals surface area contributed by atoms with E-state index in [4.69, 9.17) is 4.42 Å². The van der Waals surface area contributed by atoms with Crippen LogP contribution in [-0.4, -0.2) is 9.97 Å². The highest BCUT2D eigenvalue weighted by Crippen LogP contribution is 1.98. The molecule has 0 aliphatic carbocycles. The Morgan fingerprint density at radius 3 is 2.67 bits per heavy atom. The van der Waals surface area contributed by atoms with Crippen molar-refractivity contribution in [3.63, 3.8) is 0 Å². The maximum Gasteiger partial charge on any atom is 0.362 e. The van der Waals surface area contributed by atoms with E-state index in [0.717, 1.165) is 11.1 Å². The number of aromatic nitrogens is 2. The number of benzene rings is 1. The van der Waals surface area contributed by atoms with E-state index in [-0.39, 0.29) is 0 Å². The molecular formula is C17H12N2O2. The van der Waals surface area contributed by atoms with Crippen molar-refractivity contribution in [1.82, 2.24) is 9.97 Å². The Morgan fingerprint density at radius 2 is 1.90 bits per heavy atom. The zero-order valence-electron chi connectivity index (χ0n) is 11.1. The molecule has 0 aliphatic heterocycles. The molecule has 0 atom stereocenters. The van der Waals surface area contributed by atoms with E-state index in [0.29, 0.717) is 10.9 Å². The molecule has 0 saturated heterocycles. The van der Waals surface area contributed by atoms with Gasteiger partial charge in [0.1, 0.15) is 5.35 Å². The summed E-state index contributed by atoms with van der Waals surface area (Å²) in [5.74, 6) is 0. The number of nitrogens with zero attached hydrogens (tertiary/aromatic N) is 1. The van der Waals surface area contributed by atoms with Crippen LogP contribution in [0.3, 0.4) is 0 Å². The van der Waals surface area contributed by atoms with Crippen LogP contribution in [0.5, 0.6) is 0 Å². The van der Waals surface area contributed by atoms with Gasteiger partial charge in [-0.3, -0.25) is 4.98 Å². The molecule has 1 N–H and O–H groups in total. The molecule has 2 heterocycles. The molecule has 3 aromatic rings. The molecule has 0 amide bonds. The highest BCUT2D eigenvalue weighted by Gasteiger charge is 1.95. The second kappa shape index (κ2) is 5.90.